The van der Waals surface area contributed by atoms with E-state index in [9.17, 15) is 24.3 Å². The Kier molecular flexibility index (Phi) is 10.8. The summed E-state index contributed by atoms with van der Waals surface area (Å²) in [6.07, 6.45) is 2.39. The van der Waals surface area contributed by atoms with Gasteiger partial charge in [-0.2, -0.15) is 12.6 Å². The van der Waals surface area contributed by atoms with Crippen molar-refractivity contribution in [2.75, 3.05) is 5.75 Å². The van der Waals surface area contributed by atoms with Crippen molar-refractivity contribution < 1.29 is 24.3 Å². The molecule has 4 unspecified atom stereocenters. The Morgan fingerprint density at radius 3 is 2.19 bits per heavy atom. The molecule has 0 radical (unpaired) electrons. The molecule has 1 heterocycles. The first-order valence-electron chi connectivity index (χ1n) is 12.0. The van der Waals surface area contributed by atoms with Crippen LogP contribution < -0.4 is 21.7 Å². The summed E-state index contributed by atoms with van der Waals surface area (Å²) in [6.45, 7) is 7.36. The lowest BCUT2D eigenvalue weighted by molar-refractivity contribution is -0.142. The molecule has 10 nitrogen and oxygen atoms in total. The minimum atomic E-state index is -1.23. The largest absolute Gasteiger partial charge is 0.480 e. The number of carbonyl (C=O) groups is 4. The molecule has 36 heavy (non-hydrogen) atoms. The number of benzene rings is 1. The standard InChI is InChI=1S/C25H37N5O5S/c1-13(2)9-17(26)22(31)28-19(10-15-11-27-18-8-6-5-7-16(15)18)23(32)30-21(14(3)4)24(33)29-20(12-36)25(34)35/h5-8,11,13-14,17,19-21,27,36H,9-10,12,26H2,1-4H3,(H,28,31)(H,29,33)(H,30,32)(H,34,35). The van der Waals surface area contributed by atoms with Gasteiger partial charge in [0.2, 0.25) is 17.7 Å². The summed E-state index contributed by atoms with van der Waals surface area (Å²) < 4.78 is 0. The average Bonchev–Trinajstić information content (AvgIpc) is 3.22. The molecule has 0 saturated carbocycles. The number of aromatic nitrogens is 1. The number of carboxylic acid groups (broad SMARTS) is 1. The van der Waals surface area contributed by atoms with E-state index < -0.39 is 47.9 Å². The van der Waals surface area contributed by atoms with E-state index in [4.69, 9.17) is 5.73 Å². The van der Waals surface area contributed by atoms with Crippen LogP contribution in [0.2, 0.25) is 0 Å². The van der Waals surface area contributed by atoms with Crippen molar-refractivity contribution >= 4 is 47.2 Å². The Bertz CT molecular complexity index is 1070. The number of hydrogen-bond donors (Lipinski definition) is 7. The number of nitrogens with two attached hydrogens (primary N) is 1. The van der Waals surface area contributed by atoms with Gasteiger partial charge in [0.1, 0.15) is 18.1 Å². The number of para-hydroxylation sites is 1. The first kappa shape index (κ1) is 29.2. The number of fused-ring (bicyclic) bond motifs is 1. The molecule has 0 bridgehead atoms. The SMILES string of the molecule is CC(C)CC(N)C(=O)NC(Cc1c[nH]c2ccccc12)C(=O)NC(C(=O)NC(CS)C(=O)O)C(C)C. The van der Waals surface area contributed by atoms with Crippen molar-refractivity contribution in [3.8, 4) is 0 Å². The fourth-order valence-electron chi connectivity index (χ4n) is 3.86. The van der Waals surface area contributed by atoms with E-state index in [1.807, 2.05) is 38.1 Å². The van der Waals surface area contributed by atoms with Crippen LogP contribution >= 0.6 is 12.6 Å². The molecule has 0 aliphatic rings. The van der Waals surface area contributed by atoms with Gasteiger partial charge in [-0.3, -0.25) is 14.4 Å². The molecule has 0 aliphatic carbocycles. The lowest BCUT2D eigenvalue weighted by atomic mass is 9.99. The molecule has 1 aromatic carbocycles. The number of rotatable bonds is 13. The number of amides is 3. The van der Waals surface area contributed by atoms with Crippen LogP contribution in [0.1, 0.15) is 39.7 Å². The minimum absolute atomic E-state index is 0.104. The van der Waals surface area contributed by atoms with Crippen LogP contribution in [0.25, 0.3) is 10.9 Å². The second kappa shape index (κ2) is 13.3. The van der Waals surface area contributed by atoms with Crippen molar-refractivity contribution in [2.45, 2.75) is 64.7 Å². The number of aliphatic carboxylic acids is 1. The second-order valence-corrected chi connectivity index (χ2v) is 10.0. The van der Waals surface area contributed by atoms with Gasteiger partial charge in [-0.25, -0.2) is 4.79 Å². The highest BCUT2D eigenvalue weighted by atomic mass is 32.1. The molecule has 11 heteroatoms. The maximum Gasteiger partial charge on any atom is 0.327 e. The molecular formula is C25H37N5O5S. The van der Waals surface area contributed by atoms with Gasteiger partial charge in [-0.15, -0.1) is 0 Å². The predicted molar refractivity (Wildman–Crippen MR) is 142 cm³/mol. The van der Waals surface area contributed by atoms with E-state index in [-0.39, 0.29) is 24.0 Å². The van der Waals surface area contributed by atoms with Gasteiger partial charge in [0.15, 0.2) is 0 Å². The third-order valence-corrected chi connectivity index (χ3v) is 6.20. The van der Waals surface area contributed by atoms with E-state index >= 15 is 0 Å². The Morgan fingerprint density at radius 1 is 0.972 bits per heavy atom. The van der Waals surface area contributed by atoms with Gasteiger partial charge in [0.05, 0.1) is 6.04 Å². The van der Waals surface area contributed by atoms with Crippen molar-refractivity contribution in [1.82, 2.24) is 20.9 Å². The molecule has 0 fully saturated rings. The zero-order valence-corrected chi connectivity index (χ0v) is 22.0. The van der Waals surface area contributed by atoms with Crippen LogP contribution in [0, 0.1) is 11.8 Å². The van der Waals surface area contributed by atoms with Gasteiger partial charge in [-0.05, 0) is 29.9 Å². The minimum Gasteiger partial charge on any atom is -0.480 e. The Labute approximate surface area is 216 Å². The van der Waals surface area contributed by atoms with Crippen LogP contribution in [0.5, 0.6) is 0 Å². The number of aromatic amines is 1. The molecule has 3 amide bonds. The van der Waals surface area contributed by atoms with E-state index in [1.54, 1.807) is 20.0 Å². The van der Waals surface area contributed by atoms with Crippen molar-refractivity contribution in [2.24, 2.45) is 17.6 Å². The first-order chi connectivity index (χ1) is 16.9. The van der Waals surface area contributed by atoms with Crippen molar-refractivity contribution in [3.63, 3.8) is 0 Å². The third kappa shape index (κ3) is 7.99. The van der Waals surface area contributed by atoms with Crippen molar-refractivity contribution in [1.29, 1.82) is 0 Å². The summed E-state index contributed by atoms with van der Waals surface area (Å²) >= 11 is 3.97. The molecule has 4 atom stereocenters. The van der Waals surface area contributed by atoms with Crippen LogP contribution in [-0.4, -0.2) is 63.7 Å². The number of H-pyrrole nitrogens is 1. The van der Waals surface area contributed by atoms with Gasteiger partial charge in [-0.1, -0.05) is 45.9 Å². The lowest BCUT2D eigenvalue weighted by Crippen LogP contribution is -2.59. The quantitative estimate of drug-likeness (QED) is 0.196. The summed E-state index contributed by atoms with van der Waals surface area (Å²) in [5.74, 6) is -3.17. The molecule has 198 valence electrons. The van der Waals surface area contributed by atoms with E-state index in [0.717, 1.165) is 16.5 Å². The lowest BCUT2D eigenvalue weighted by Gasteiger charge is -2.27. The zero-order valence-electron chi connectivity index (χ0n) is 21.1. The van der Waals surface area contributed by atoms with Gasteiger partial charge in [0.25, 0.3) is 0 Å². The first-order valence-corrected chi connectivity index (χ1v) is 12.6. The molecule has 0 aliphatic heterocycles. The highest BCUT2D eigenvalue weighted by molar-refractivity contribution is 7.80. The van der Waals surface area contributed by atoms with Crippen molar-refractivity contribution in [3.05, 3.63) is 36.0 Å². The van der Waals surface area contributed by atoms with E-state index in [2.05, 4.69) is 33.6 Å². The predicted octanol–water partition coefficient (Wildman–Crippen LogP) is 1.21. The van der Waals surface area contributed by atoms with E-state index in [0.29, 0.717) is 6.42 Å². The number of carboxylic acids is 1. The van der Waals surface area contributed by atoms with Crippen LogP contribution in [0.15, 0.2) is 30.5 Å². The monoisotopic (exact) mass is 519 g/mol. The zero-order chi connectivity index (χ0) is 27.0. The Morgan fingerprint density at radius 2 is 1.61 bits per heavy atom. The highest BCUT2D eigenvalue weighted by Crippen LogP contribution is 2.19. The number of hydrogen-bond acceptors (Lipinski definition) is 6. The van der Waals surface area contributed by atoms with Gasteiger partial charge in [0, 0.05) is 29.3 Å². The molecular weight excluding hydrogens is 482 g/mol. The topological polar surface area (TPSA) is 166 Å². The van der Waals surface area contributed by atoms with Gasteiger partial charge >= 0.3 is 5.97 Å². The summed E-state index contributed by atoms with van der Waals surface area (Å²) in [4.78, 5) is 53.5. The number of carbonyl (C=O) groups excluding carboxylic acids is 3. The number of nitrogens with one attached hydrogen (secondary N) is 4. The van der Waals surface area contributed by atoms with E-state index in [1.165, 1.54) is 0 Å². The maximum atomic E-state index is 13.4. The second-order valence-electron chi connectivity index (χ2n) is 9.67. The normalized spacial score (nSPS) is 14.8. The fraction of sp³-hybridized carbons (Fsp3) is 0.520. The molecule has 0 spiro atoms. The molecule has 2 aromatic rings. The van der Waals surface area contributed by atoms with Gasteiger partial charge < -0.3 is 31.8 Å². The summed E-state index contributed by atoms with van der Waals surface area (Å²) in [7, 11) is 0. The molecule has 1 aromatic heterocycles. The summed E-state index contributed by atoms with van der Waals surface area (Å²) in [5.41, 5.74) is 7.75. The van der Waals surface area contributed by atoms with Crippen LogP contribution in [0.4, 0.5) is 0 Å². The molecule has 0 saturated heterocycles. The third-order valence-electron chi connectivity index (χ3n) is 5.84. The number of thiol groups is 1. The Balaban J connectivity index is 2.28. The molecule has 2 rings (SSSR count). The summed E-state index contributed by atoms with van der Waals surface area (Å²) in [6, 6.07) is 3.57. The van der Waals surface area contributed by atoms with Crippen LogP contribution in [-0.2, 0) is 25.6 Å². The maximum absolute atomic E-state index is 13.4. The Hall–Kier alpha value is -3.05. The highest BCUT2D eigenvalue weighted by Gasteiger charge is 2.32. The summed E-state index contributed by atoms with van der Waals surface area (Å²) in [5, 5.41) is 18.0. The smallest absolute Gasteiger partial charge is 0.327 e. The average molecular weight is 520 g/mol. The fourth-order valence-corrected chi connectivity index (χ4v) is 4.11. The molecule has 7 N–H and O–H groups in total. The van der Waals surface area contributed by atoms with Crippen LogP contribution in [0.3, 0.4) is 0 Å².